The van der Waals surface area contributed by atoms with E-state index in [1.165, 1.54) is 13.0 Å². The van der Waals surface area contributed by atoms with E-state index in [0.29, 0.717) is 4.47 Å². The van der Waals surface area contributed by atoms with Crippen LogP contribution < -0.4 is 0 Å². The van der Waals surface area contributed by atoms with E-state index in [-0.39, 0.29) is 34.4 Å². The number of carbonyl (C=O) groups is 2. The Morgan fingerprint density at radius 1 is 1.23 bits per heavy atom. The minimum atomic E-state index is -0.810. The van der Waals surface area contributed by atoms with E-state index in [9.17, 15) is 14.0 Å². The van der Waals surface area contributed by atoms with Gasteiger partial charge in [0.05, 0.1) is 17.7 Å². The van der Waals surface area contributed by atoms with Gasteiger partial charge in [0.2, 0.25) is 5.78 Å². The van der Waals surface area contributed by atoms with Crippen LogP contribution in [-0.4, -0.2) is 25.0 Å². The van der Waals surface area contributed by atoms with E-state index in [2.05, 4.69) is 31.9 Å². The lowest BCUT2D eigenvalue weighted by molar-refractivity contribution is -0.138. The van der Waals surface area contributed by atoms with Gasteiger partial charge >= 0.3 is 5.97 Å². The molecule has 4 nitrogen and oxygen atoms in total. The number of hydrogen-bond donors (Lipinski definition) is 0. The molecule has 1 aromatic rings. The lowest BCUT2D eigenvalue weighted by atomic mass is 9.99. The second-order valence-electron chi connectivity index (χ2n) is 4.19. The standard InChI is InChI=1S/C15H15Br2FO4/c1-4-21-7-9(15(20)22-5-2)14(19)12-8(3)13(18)11(17)6-10(12)16/h6-7H,4-5H2,1-3H3/b9-7-. The number of Topliss-reactive ketones (excluding diaryl/α,β-unsaturated/α-hetero) is 1. The van der Waals surface area contributed by atoms with Crippen molar-refractivity contribution in [3.63, 3.8) is 0 Å². The van der Waals surface area contributed by atoms with Crippen molar-refractivity contribution < 1.29 is 23.5 Å². The van der Waals surface area contributed by atoms with E-state index in [1.807, 2.05) is 0 Å². The molecule has 1 rings (SSSR count). The summed E-state index contributed by atoms with van der Waals surface area (Å²) in [5, 5.41) is 0. The molecule has 0 saturated heterocycles. The molecule has 0 amide bonds. The topological polar surface area (TPSA) is 52.6 Å². The van der Waals surface area contributed by atoms with Gasteiger partial charge in [0.25, 0.3) is 0 Å². The Morgan fingerprint density at radius 2 is 1.86 bits per heavy atom. The monoisotopic (exact) mass is 436 g/mol. The smallest absolute Gasteiger partial charge is 0.345 e. The number of rotatable bonds is 6. The van der Waals surface area contributed by atoms with Gasteiger partial charge in [-0.2, -0.15) is 0 Å². The maximum absolute atomic E-state index is 14.0. The van der Waals surface area contributed by atoms with Crippen molar-refractivity contribution in [3.8, 4) is 0 Å². The van der Waals surface area contributed by atoms with Crippen molar-refractivity contribution in [2.24, 2.45) is 0 Å². The summed E-state index contributed by atoms with van der Waals surface area (Å²) in [6, 6.07) is 1.42. The number of ketones is 1. The fourth-order valence-electron chi connectivity index (χ4n) is 1.70. The molecule has 0 aliphatic rings. The van der Waals surface area contributed by atoms with Crippen molar-refractivity contribution in [2.45, 2.75) is 20.8 Å². The fraction of sp³-hybridized carbons (Fsp3) is 0.333. The number of esters is 1. The molecule has 0 aliphatic carbocycles. The molecule has 0 bridgehead atoms. The predicted octanol–water partition coefficient (Wildman–Crippen LogP) is 4.33. The number of benzene rings is 1. The van der Waals surface area contributed by atoms with Crippen LogP contribution in [0.3, 0.4) is 0 Å². The van der Waals surface area contributed by atoms with E-state index >= 15 is 0 Å². The lowest BCUT2D eigenvalue weighted by Crippen LogP contribution is -2.18. The van der Waals surface area contributed by atoms with Gasteiger partial charge in [-0.05, 0) is 64.3 Å². The van der Waals surface area contributed by atoms with Crippen molar-refractivity contribution in [3.05, 3.63) is 43.8 Å². The average molecular weight is 438 g/mol. The Balaban J connectivity index is 3.37. The minimum absolute atomic E-state index is 0.0553. The van der Waals surface area contributed by atoms with Crippen molar-refractivity contribution in [1.29, 1.82) is 0 Å². The molecule has 0 aliphatic heterocycles. The molecule has 0 spiro atoms. The summed E-state index contributed by atoms with van der Waals surface area (Å²) in [6.45, 7) is 5.20. The Kier molecular flexibility index (Phi) is 7.22. The third-order valence-corrected chi connectivity index (χ3v) is 3.94. The van der Waals surface area contributed by atoms with Crippen LogP contribution in [0.25, 0.3) is 0 Å². The van der Waals surface area contributed by atoms with Gasteiger partial charge in [-0.1, -0.05) is 0 Å². The number of hydrogen-bond acceptors (Lipinski definition) is 4. The van der Waals surface area contributed by atoms with Gasteiger partial charge in [-0.3, -0.25) is 4.79 Å². The molecule has 0 aromatic heterocycles. The first-order chi connectivity index (χ1) is 10.3. The van der Waals surface area contributed by atoms with Gasteiger partial charge in [0, 0.05) is 10.0 Å². The van der Waals surface area contributed by atoms with E-state index < -0.39 is 17.6 Å². The van der Waals surface area contributed by atoms with Crippen molar-refractivity contribution >= 4 is 43.6 Å². The van der Waals surface area contributed by atoms with Crippen LogP contribution in [-0.2, 0) is 14.3 Å². The van der Waals surface area contributed by atoms with Gasteiger partial charge < -0.3 is 9.47 Å². The van der Waals surface area contributed by atoms with Crippen LogP contribution in [0.1, 0.15) is 29.8 Å². The van der Waals surface area contributed by atoms with Crippen LogP contribution in [0.2, 0.25) is 0 Å². The van der Waals surface area contributed by atoms with Crippen molar-refractivity contribution in [2.75, 3.05) is 13.2 Å². The highest BCUT2D eigenvalue weighted by atomic mass is 79.9. The molecule has 0 unspecified atom stereocenters. The van der Waals surface area contributed by atoms with Crippen LogP contribution in [0.5, 0.6) is 0 Å². The minimum Gasteiger partial charge on any atom is -0.500 e. The third kappa shape index (κ3) is 4.16. The number of carbonyl (C=O) groups excluding carboxylic acids is 2. The molecule has 0 atom stereocenters. The molecule has 0 N–H and O–H groups in total. The Morgan fingerprint density at radius 3 is 2.41 bits per heavy atom. The zero-order valence-electron chi connectivity index (χ0n) is 12.3. The number of ether oxygens (including phenoxy) is 2. The summed E-state index contributed by atoms with van der Waals surface area (Å²) in [4.78, 5) is 24.5. The van der Waals surface area contributed by atoms with Gasteiger partial charge in [0.15, 0.2) is 0 Å². The van der Waals surface area contributed by atoms with Gasteiger partial charge in [-0.15, -0.1) is 0 Å². The Labute approximate surface area is 144 Å². The summed E-state index contributed by atoms with van der Waals surface area (Å²) in [6.07, 6.45) is 1.05. The molecule has 0 heterocycles. The molecule has 0 fully saturated rings. The maximum atomic E-state index is 14.0. The van der Waals surface area contributed by atoms with Crippen LogP contribution in [0.4, 0.5) is 4.39 Å². The molecule has 120 valence electrons. The van der Waals surface area contributed by atoms with Crippen LogP contribution in [0, 0.1) is 12.7 Å². The summed E-state index contributed by atoms with van der Waals surface area (Å²) in [5.41, 5.74) is -0.105. The number of halogens is 3. The van der Waals surface area contributed by atoms with E-state index in [0.717, 1.165) is 6.26 Å². The summed E-state index contributed by atoms with van der Waals surface area (Å²) < 4.78 is 24.5. The summed E-state index contributed by atoms with van der Waals surface area (Å²) >= 11 is 6.29. The highest BCUT2D eigenvalue weighted by Gasteiger charge is 2.27. The Hall–Kier alpha value is -1.21. The lowest BCUT2D eigenvalue weighted by Gasteiger charge is -2.12. The van der Waals surface area contributed by atoms with Crippen LogP contribution in [0.15, 0.2) is 26.8 Å². The second kappa shape index (κ2) is 8.43. The van der Waals surface area contributed by atoms with Crippen molar-refractivity contribution in [1.82, 2.24) is 0 Å². The summed E-state index contributed by atoms with van der Waals surface area (Å²) in [5.74, 6) is -2.04. The van der Waals surface area contributed by atoms with E-state index in [4.69, 9.17) is 9.47 Å². The first-order valence-electron chi connectivity index (χ1n) is 6.52. The molecular weight excluding hydrogens is 423 g/mol. The first-order valence-corrected chi connectivity index (χ1v) is 8.11. The fourth-order valence-corrected chi connectivity index (χ4v) is 3.24. The quantitative estimate of drug-likeness (QED) is 0.126. The molecule has 7 heteroatoms. The SMILES string of the molecule is CCO/C=C(\C(=O)OCC)C(=O)c1c(Br)cc(Br)c(F)c1C. The molecule has 0 saturated carbocycles. The second-order valence-corrected chi connectivity index (χ2v) is 5.90. The van der Waals surface area contributed by atoms with E-state index in [1.54, 1.807) is 13.8 Å². The Bertz CT molecular complexity index is 626. The maximum Gasteiger partial charge on any atom is 0.345 e. The zero-order valence-corrected chi connectivity index (χ0v) is 15.5. The highest BCUT2D eigenvalue weighted by molar-refractivity contribution is 9.11. The third-order valence-electron chi connectivity index (χ3n) is 2.74. The zero-order chi connectivity index (χ0) is 16.9. The average Bonchev–Trinajstić information content (AvgIpc) is 2.45. The van der Waals surface area contributed by atoms with Crippen LogP contribution >= 0.6 is 31.9 Å². The molecule has 1 aromatic carbocycles. The van der Waals surface area contributed by atoms with Gasteiger partial charge in [0.1, 0.15) is 17.7 Å². The molecule has 22 heavy (non-hydrogen) atoms. The summed E-state index contributed by atoms with van der Waals surface area (Å²) in [7, 11) is 0. The largest absolute Gasteiger partial charge is 0.500 e. The normalized spacial score (nSPS) is 11.3. The molecule has 0 radical (unpaired) electrons. The molecular formula is C15H15Br2FO4. The van der Waals surface area contributed by atoms with Gasteiger partial charge in [-0.25, -0.2) is 9.18 Å². The first kappa shape index (κ1) is 18.8. The highest BCUT2D eigenvalue weighted by Crippen LogP contribution is 2.31. The predicted molar refractivity (Wildman–Crippen MR) is 87.2 cm³/mol.